The first-order valence-corrected chi connectivity index (χ1v) is 10.4. The smallest absolute Gasteiger partial charge is 0.337 e. The van der Waals surface area contributed by atoms with Crippen LogP contribution in [0.25, 0.3) is 5.65 Å². The van der Waals surface area contributed by atoms with Crippen LogP contribution < -0.4 is 16.3 Å². The Bertz CT molecular complexity index is 1230. The Balaban J connectivity index is 1.39. The van der Waals surface area contributed by atoms with Crippen LogP contribution in [0.5, 0.6) is 0 Å². The van der Waals surface area contributed by atoms with Crippen LogP contribution in [0.1, 0.15) is 30.4 Å². The number of benzene rings is 2. The highest BCUT2D eigenvalue weighted by molar-refractivity contribution is 5.89. The van der Waals surface area contributed by atoms with Gasteiger partial charge >= 0.3 is 11.7 Å². The van der Waals surface area contributed by atoms with Gasteiger partial charge in [0, 0.05) is 24.3 Å². The molecule has 31 heavy (non-hydrogen) atoms. The van der Waals surface area contributed by atoms with Gasteiger partial charge in [-0.05, 0) is 41.8 Å². The molecule has 0 bridgehead atoms. The van der Waals surface area contributed by atoms with Crippen molar-refractivity contribution in [1.29, 1.82) is 0 Å². The van der Waals surface area contributed by atoms with Crippen molar-refractivity contribution in [2.45, 2.75) is 25.8 Å². The summed E-state index contributed by atoms with van der Waals surface area (Å²) in [5, 5.41) is 10.2. The number of hydrogen-bond acceptors (Lipinski definition) is 3. The van der Waals surface area contributed by atoms with Crippen LogP contribution in [-0.4, -0.2) is 26.8 Å². The maximum Gasteiger partial charge on any atom is 0.350 e. The number of rotatable bonds is 7. The largest absolute Gasteiger partial charge is 0.350 e. The summed E-state index contributed by atoms with van der Waals surface area (Å²) >= 11 is 0. The number of nitrogens with one attached hydrogen (secondary N) is 2. The number of nitrogens with zero attached hydrogens (tertiary/aromatic N) is 3. The van der Waals surface area contributed by atoms with E-state index in [9.17, 15) is 9.59 Å². The molecule has 0 spiro atoms. The molecule has 4 aromatic rings. The quantitative estimate of drug-likeness (QED) is 0.481. The molecule has 0 aliphatic rings. The summed E-state index contributed by atoms with van der Waals surface area (Å²) in [6.45, 7) is 2.99. The minimum Gasteiger partial charge on any atom is -0.337 e. The van der Waals surface area contributed by atoms with Gasteiger partial charge in [-0.25, -0.2) is 14.3 Å². The third-order valence-corrected chi connectivity index (χ3v) is 5.28. The molecule has 2 heterocycles. The maximum atomic E-state index is 12.5. The van der Waals surface area contributed by atoms with Crippen molar-refractivity contribution in [3.63, 3.8) is 0 Å². The van der Waals surface area contributed by atoms with E-state index in [1.165, 1.54) is 14.6 Å². The lowest BCUT2D eigenvalue weighted by molar-refractivity contribution is 0.251. The number of amides is 2. The highest BCUT2D eigenvalue weighted by Gasteiger charge is 2.11. The molecule has 2 N–H and O–H groups in total. The van der Waals surface area contributed by atoms with Gasteiger partial charge in [-0.2, -0.15) is 0 Å². The van der Waals surface area contributed by atoms with Crippen molar-refractivity contribution >= 4 is 17.4 Å². The lowest BCUT2D eigenvalue weighted by atomic mass is 9.97. The third kappa shape index (κ3) is 4.83. The van der Waals surface area contributed by atoms with Crippen molar-refractivity contribution < 1.29 is 4.79 Å². The highest BCUT2D eigenvalue weighted by atomic mass is 16.2. The number of hydrogen-bond donors (Lipinski definition) is 2. The van der Waals surface area contributed by atoms with Gasteiger partial charge in [-0.3, -0.25) is 4.40 Å². The van der Waals surface area contributed by atoms with E-state index in [0.29, 0.717) is 24.4 Å². The summed E-state index contributed by atoms with van der Waals surface area (Å²) in [7, 11) is 0. The topological polar surface area (TPSA) is 80.4 Å². The van der Waals surface area contributed by atoms with Crippen LogP contribution in [0.15, 0.2) is 83.8 Å². The molecule has 0 aliphatic heterocycles. The number of aromatic nitrogens is 3. The van der Waals surface area contributed by atoms with Crippen LogP contribution in [0.3, 0.4) is 0 Å². The number of anilines is 1. The highest BCUT2D eigenvalue weighted by Crippen LogP contribution is 2.18. The molecule has 1 atom stereocenters. The fourth-order valence-electron chi connectivity index (χ4n) is 3.61. The van der Waals surface area contributed by atoms with Gasteiger partial charge in [-0.15, -0.1) is 5.10 Å². The Labute approximate surface area is 180 Å². The average Bonchev–Trinajstić information content (AvgIpc) is 3.10. The van der Waals surface area contributed by atoms with Crippen molar-refractivity contribution in [3.8, 4) is 0 Å². The predicted molar refractivity (Wildman–Crippen MR) is 121 cm³/mol. The zero-order valence-electron chi connectivity index (χ0n) is 17.4. The van der Waals surface area contributed by atoms with E-state index in [2.05, 4.69) is 34.8 Å². The van der Waals surface area contributed by atoms with Crippen LogP contribution in [0.4, 0.5) is 10.5 Å². The van der Waals surface area contributed by atoms with Gasteiger partial charge < -0.3 is 10.6 Å². The molecule has 7 nitrogen and oxygen atoms in total. The first-order chi connectivity index (χ1) is 15.1. The number of pyridine rings is 1. The second-order valence-electron chi connectivity index (χ2n) is 7.42. The maximum absolute atomic E-state index is 12.5. The van der Waals surface area contributed by atoms with Crippen LogP contribution >= 0.6 is 0 Å². The van der Waals surface area contributed by atoms with E-state index >= 15 is 0 Å². The molecular formula is C24H25N5O2. The minimum atomic E-state index is -0.253. The fourth-order valence-corrected chi connectivity index (χ4v) is 3.61. The second kappa shape index (κ2) is 9.30. The number of carbonyl (C=O) groups excluding carboxylic acids is 1. The Kier molecular flexibility index (Phi) is 6.12. The molecule has 158 valence electrons. The Morgan fingerprint density at radius 1 is 1.03 bits per heavy atom. The molecule has 2 amide bonds. The molecule has 0 radical (unpaired) electrons. The normalized spacial score (nSPS) is 11.9. The average molecular weight is 415 g/mol. The minimum absolute atomic E-state index is 0.196. The Morgan fingerprint density at radius 2 is 1.84 bits per heavy atom. The summed E-state index contributed by atoms with van der Waals surface area (Å²) in [6.07, 6.45) is 2.63. The lowest BCUT2D eigenvalue weighted by Crippen LogP contribution is -2.32. The van der Waals surface area contributed by atoms with E-state index in [-0.39, 0.29) is 17.6 Å². The first-order valence-electron chi connectivity index (χ1n) is 10.4. The number of urea groups is 1. The van der Waals surface area contributed by atoms with Crippen LogP contribution in [0, 0.1) is 0 Å². The molecule has 4 rings (SSSR count). The van der Waals surface area contributed by atoms with E-state index in [4.69, 9.17) is 0 Å². The molecule has 7 heteroatoms. The molecular weight excluding hydrogens is 390 g/mol. The second-order valence-corrected chi connectivity index (χ2v) is 7.42. The van der Waals surface area contributed by atoms with Gasteiger partial charge in [0.05, 0.1) is 6.54 Å². The van der Waals surface area contributed by atoms with Gasteiger partial charge in [0.2, 0.25) is 0 Å². The molecule has 0 aliphatic carbocycles. The Morgan fingerprint density at radius 3 is 2.61 bits per heavy atom. The Hall–Kier alpha value is -3.87. The molecule has 0 saturated carbocycles. The SMILES string of the molecule is CCC(CNC(=O)Nc1cccc(Cn2nc3ccccn3c2=O)c1)c1ccccc1. The van der Waals surface area contributed by atoms with E-state index in [1.807, 2.05) is 48.5 Å². The van der Waals surface area contributed by atoms with Gasteiger partial charge in [-0.1, -0.05) is 55.5 Å². The van der Waals surface area contributed by atoms with Crippen molar-refractivity contribution in [1.82, 2.24) is 19.5 Å². The van der Waals surface area contributed by atoms with Gasteiger partial charge in [0.1, 0.15) is 0 Å². The summed E-state index contributed by atoms with van der Waals surface area (Å²) in [5.41, 5.74) is 3.16. The molecule has 2 aromatic carbocycles. The molecule has 2 aromatic heterocycles. The monoisotopic (exact) mass is 415 g/mol. The van der Waals surface area contributed by atoms with E-state index in [1.54, 1.807) is 18.3 Å². The van der Waals surface area contributed by atoms with Crippen molar-refractivity contribution in [3.05, 3.63) is 101 Å². The van der Waals surface area contributed by atoms with Crippen LogP contribution in [0.2, 0.25) is 0 Å². The summed E-state index contributed by atoms with van der Waals surface area (Å²) in [4.78, 5) is 24.9. The van der Waals surface area contributed by atoms with Crippen molar-refractivity contribution in [2.24, 2.45) is 0 Å². The predicted octanol–water partition coefficient (Wildman–Crippen LogP) is 3.86. The zero-order chi connectivity index (χ0) is 21.6. The summed E-state index contributed by atoms with van der Waals surface area (Å²) in [5.74, 6) is 0.264. The molecule has 1 unspecified atom stereocenters. The van der Waals surface area contributed by atoms with Crippen LogP contribution in [-0.2, 0) is 6.54 Å². The number of carbonyl (C=O) groups is 1. The zero-order valence-corrected chi connectivity index (χ0v) is 17.4. The fraction of sp³-hybridized carbons (Fsp3) is 0.208. The summed E-state index contributed by atoms with van der Waals surface area (Å²) < 4.78 is 2.92. The first kappa shape index (κ1) is 20.4. The van der Waals surface area contributed by atoms with Crippen molar-refractivity contribution in [2.75, 3.05) is 11.9 Å². The van der Waals surface area contributed by atoms with E-state index in [0.717, 1.165) is 12.0 Å². The van der Waals surface area contributed by atoms with Gasteiger partial charge in [0.25, 0.3) is 0 Å². The third-order valence-electron chi connectivity index (χ3n) is 5.28. The lowest BCUT2D eigenvalue weighted by Gasteiger charge is -2.16. The standard InChI is InChI=1S/C24H25N5O2/c1-2-19(20-10-4-3-5-11-20)16-25-23(30)26-21-12-8-9-18(15-21)17-29-24(31)28-14-7-6-13-22(28)27-29/h3-15,19H,2,16-17H2,1H3,(H2,25,26,30). The summed E-state index contributed by atoms with van der Waals surface area (Å²) in [6, 6.07) is 22.8. The number of fused-ring (bicyclic) bond motifs is 1. The molecule has 0 saturated heterocycles. The molecule has 0 fully saturated rings. The van der Waals surface area contributed by atoms with Gasteiger partial charge in [0.15, 0.2) is 5.65 Å². The van der Waals surface area contributed by atoms with E-state index < -0.39 is 0 Å².